The molecule has 0 saturated carbocycles. The second kappa shape index (κ2) is 17.1. The molecule has 6 N–H and O–H groups in total. The van der Waals surface area contributed by atoms with E-state index in [4.69, 9.17) is 15.7 Å². The first-order chi connectivity index (χ1) is 21.5. The Hall–Kier alpha value is -5.32. The Morgan fingerprint density at radius 3 is 1.91 bits per heavy atom. The van der Waals surface area contributed by atoms with Gasteiger partial charge in [-0.15, -0.1) is 0 Å². The summed E-state index contributed by atoms with van der Waals surface area (Å²) in [5.74, 6) is -3.56. The first-order valence-corrected chi connectivity index (χ1v) is 13.7. The van der Waals surface area contributed by atoms with Crippen molar-refractivity contribution in [1.82, 2.24) is 10.2 Å². The third-order valence-corrected chi connectivity index (χ3v) is 6.23. The Balaban J connectivity index is 1.37. The summed E-state index contributed by atoms with van der Waals surface area (Å²) in [5, 5.41) is 25.0. The van der Waals surface area contributed by atoms with Crippen LogP contribution in [0.2, 0.25) is 0 Å². The number of hydrogen-bond donors (Lipinski definition) is 5. The van der Waals surface area contributed by atoms with Gasteiger partial charge in [0.15, 0.2) is 0 Å². The summed E-state index contributed by atoms with van der Waals surface area (Å²) in [7, 11) is 1.29. The minimum absolute atomic E-state index is 0.0238. The Kier molecular flexibility index (Phi) is 13.0. The number of rotatable bonds is 17. The zero-order valence-electron chi connectivity index (χ0n) is 24.3. The predicted molar refractivity (Wildman–Crippen MR) is 159 cm³/mol. The van der Waals surface area contributed by atoms with Crippen molar-refractivity contribution in [3.05, 3.63) is 60.7 Å². The molecule has 1 aliphatic rings. The predicted octanol–water partition coefficient (Wildman–Crippen LogP) is 1.94. The van der Waals surface area contributed by atoms with E-state index in [9.17, 15) is 28.8 Å². The van der Waals surface area contributed by atoms with Crippen LogP contribution in [0, 0.1) is 0 Å². The van der Waals surface area contributed by atoms with Crippen LogP contribution in [0.4, 0.5) is 22.7 Å². The number of carboxylic acids is 1. The third-order valence-electron chi connectivity index (χ3n) is 6.23. The molecule has 2 atom stereocenters. The number of aliphatic carboxylic acids is 1. The van der Waals surface area contributed by atoms with Crippen LogP contribution >= 0.6 is 0 Å². The average molecular weight is 624 g/mol. The van der Waals surface area contributed by atoms with Gasteiger partial charge in [0.25, 0.3) is 11.8 Å². The van der Waals surface area contributed by atoms with Gasteiger partial charge in [0, 0.05) is 36.4 Å². The number of azo groups is 1. The molecule has 2 aromatic rings. The minimum atomic E-state index is -1.16. The van der Waals surface area contributed by atoms with Gasteiger partial charge in [-0.3, -0.25) is 33.7 Å². The summed E-state index contributed by atoms with van der Waals surface area (Å²) in [6.07, 6.45) is 2.45. The largest absolute Gasteiger partial charge is 0.480 e. The normalized spacial score (nSPS) is 14.0. The van der Waals surface area contributed by atoms with Crippen molar-refractivity contribution in [2.45, 2.75) is 37.8 Å². The van der Waals surface area contributed by atoms with Crippen molar-refractivity contribution in [1.29, 1.82) is 0 Å². The first-order valence-electron chi connectivity index (χ1n) is 13.7. The van der Waals surface area contributed by atoms with Crippen LogP contribution in [0.15, 0.2) is 70.9 Å². The lowest BCUT2D eigenvalue weighted by Crippen LogP contribution is -2.37. The topological polar surface area (TPSA) is 231 Å². The van der Waals surface area contributed by atoms with Gasteiger partial charge in [-0.05, 0) is 61.4 Å². The number of anilines is 2. The molecule has 16 heteroatoms. The lowest BCUT2D eigenvalue weighted by molar-refractivity contribution is -0.307. The maximum Gasteiger partial charge on any atom is 0.320 e. The van der Waals surface area contributed by atoms with Crippen molar-refractivity contribution in [2.24, 2.45) is 16.0 Å². The van der Waals surface area contributed by atoms with Gasteiger partial charge in [0.2, 0.25) is 17.7 Å². The highest BCUT2D eigenvalue weighted by molar-refractivity contribution is 6.15. The summed E-state index contributed by atoms with van der Waals surface area (Å²) in [6.45, 7) is -0.636. The van der Waals surface area contributed by atoms with E-state index >= 15 is 0 Å². The zero-order chi connectivity index (χ0) is 32.8. The van der Waals surface area contributed by atoms with Crippen LogP contribution < -0.4 is 21.7 Å². The third kappa shape index (κ3) is 11.7. The van der Waals surface area contributed by atoms with Gasteiger partial charge in [-0.1, -0.05) is 0 Å². The highest BCUT2D eigenvalue weighted by atomic mass is 17.2. The Labute approximate surface area is 257 Å². The van der Waals surface area contributed by atoms with Crippen LogP contribution in [-0.2, 0) is 38.5 Å². The smallest absolute Gasteiger partial charge is 0.320 e. The quantitative estimate of drug-likeness (QED) is 0.0744. The number of nitrogens with zero attached hydrogens (tertiary/aromatic N) is 3. The fourth-order valence-electron chi connectivity index (χ4n) is 3.96. The van der Waals surface area contributed by atoms with E-state index in [0.717, 1.165) is 17.1 Å². The van der Waals surface area contributed by atoms with E-state index in [1.807, 2.05) is 0 Å². The molecule has 238 valence electrons. The van der Waals surface area contributed by atoms with Crippen LogP contribution in [0.25, 0.3) is 0 Å². The van der Waals surface area contributed by atoms with Crippen LogP contribution in [0.5, 0.6) is 0 Å². The highest BCUT2D eigenvalue weighted by Crippen LogP contribution is 2.22. The number of amides is 5. The van der Waals surface area contributed by atoms with Crippen molar-refractivity contribution in [2.75, 3.05) is 30.8 Å². The number of carbonyl (C=O) groups is 6. The molecule has 0 fully saturated rings. The van der Waals surface area contributed by atoms with E-state index in [1.165, 1.54) is 7.11 Å². The maximum atomic E-state index is 12.2. The maximum absolute atomic E-state index is 12.2. The molecule has 0 spiro atoms. The average Bonchev–Trinajstić information content (AvgIpc) is 3.32. The molecule has 2 aromatic carbocycles. The van der Waals surface area contributed by atoms with E-state index in [-0.39, 0.29) is 25.3 Å². The SMILES string of the molecule is COO[C@H](CCCC(=O)NCC(=O)Nc1ccc(N=Nc2ccc(NC(=O)CN3C(=O)C=CC3=O)cc2)cc1)CC(N)C(=O)O. The van der Waals surface area contributed by atoms with Crippen molar-refractivity contribution in [3.8, 4) is 0 Å². The summed E-state index contributed by atoms with van der Waals surface area (Å²) in [5.41, 5.74) is 7.46. The molecule has 45 heavy (non-hydrogen) atoms. The van der Waals surface area contributed by atoms with Crippen LogP contribution in [-0.4, -0.2) is 77.9 Å². The zero-order valence-corrected chi connectivity index (χ0v) is 24.3. The monoisotopic (exact) mass is 623 g/mol. The van der Waals surface area contributed by atoms with Crippen LogP contribution in [0.1, 0.15) is 25.7 Å². The summed E-state index contributed by atoms with van der Waals surface area (Å²) >= 11 is 0. The molecular formula is C29H33N7O9. The first kappa shape index (κ1) is 34.2. The van der Waals surface area contributed by atoms with Gasteiger partial charge in [0.1, 0.15) is 12.6 Å². The van der Waals surface area contributed by atoms with Gasteiger partial charge in [-0.2, -0.15) is 10.2 Å². The number of benzene rings is 2. The Morgan fingerprint density at radius 2 is 1.40 bits per heavy atom. The molecular weight excluding hydrogens is 590 g/mol. The standard InChI is InChI=1S/C29H33N7O9/c1-44-45-22(15-23(30)29(42)43)3-2-4-24(37)31-16-25(38)32-18-5-9-20(10-6-18)34-35-21-11-7-19(8-12-21)33-26(39)17-36-27(40)13-14-28(36)41/h5-14,22-23H,2-4,15-17,30H2,1H3,(H,31,37)(H,32,38)(H,33,39)(H,42,43)/t22-,23?/m1/s1. The highest BCUT2D eigenvalue weighted by Gasteiger charge is 2.25. The van der Waals surface area contributed by atoms with Crippen LogP contribution in [0.3, 0.4) is 0 Å². The van der Waals surface area contributed by atoms with Crippen molar-refractivity contribution in [3.63, 3.8) is 0 Å². The van der Waals surface area contributed by atoms with E-state index in [0.29, 0.717) is 35.6 Å². The molecule has 16 nitrogen and oxygen atoms in total. The van der Waals surface area contributed by atoms with Gasteiger partial charge in [0.05, 0.1) is 31.1 Å². The summed E-state index contributed by atoms with van der Waals surface area (Å²) in [6, 6.07) is 11.8. The number of imide groups is 1. The van der Waals surface area contributed by atoms with E-state index in [1.54, 1.807) is 48.5 Å². The molecule has 0 bridgehead atoms. The summed E-state index contributed by atoms with van der Waals surface area (Å²) in [4.78, 5) is 81.0. The molecule has 0 saturated heterocycles. The van der Waals surface area contributed by atoms with Gasteiger partial charge >= 0.3 is 5.97 Å². The fraction of sp³-hybridized carbons (Fsp3) is 0.310. The molecule has 5 amide bonds. The van der Waals surface area contributed by atoms with Crippen molar-refractivity contribution >= 4 is 58.3 Å². The number of carboxylic acid groups (broad SMARTS) is 1. The minimum Gasteiger partial charge on any atom is -0.480 e. The molecule has 3 rings (SSSR count). The van der Waals surface area contributed by atoms with E-state index in [2.05, 4.69) is 31.1 Å². The molecule has 1 heterocycles. The number of nitrogens with one attached hydrogen (secondary N) is 3. The van der Waals surface area contributed by atoms with Crippen molar-refractivity contribution < 1.29 is 43.6 Å². The number of nitrogens with two attached hydrogens (primary N) is 1. The van der Waals surface area contributed by atoms with Gasteiger partial charge < -0.3 is 26.8 Å². The molecule has 0 aliphatic carbocycles. The van der Waals surface area contributed by atoms with E-state index < -0.39 is 48.3 Å². The molecule has 0 radical (unpaired) electrons. The Bertz CT molecular complexity index is 1430. The Morgan fingerprint density at radius 1 is 0.867 bits per heavy atom. The molecule has 1 unspecified atom stereocenters. The molecule has 0 aromatic heterocycles. The fourth-order valence-corrected chi connectivity index (χ4v) is 3.96. The molecule has 1 aliphatic heterocycles. The lowest BCUT2D eigenvalue weighted by Gasteiger charge is -2.17. The number of carbonyl (C=O) groups excluding carboxylic acids is 5. The lowest BCUT2D eigenvalue weighted by atomic mass is 10.0. The second-order valence-corrected chi connectivity index (χ2v) is 9.72. The summed E-state index contributed by atoms with van der Waals surface area (Å²) < 4.78 is 0. The second-order valence-electron chi connectivity index (χ2n) is 9.72. The van der Waals surface area contributed by atoms with Gasteiger partial charge in [-0.25, -0.2) is 9.78 Å². The number of hydrogen-bond acceptors (Lipinski definition) is 11.